The standard InChI is InChI=1S/C15H20N6O3/c16-15-20-12-11(13(22)21-15)19-10(7-18-12)5-6-17-9-3-1-8(2-4-9)14(23)24/h7-9,17H,1-6H2,(H,23,24)(H3,16,18,20,21,22). The van der Waals surface area contributed by atoms with Crippen LogP contribution in [-0.2, 0) is 11.2 Å². The molecule has 1 aliphatic rings. The molecule has 2 aromatic rings. The van der Waals surface area contributed by atoms with Crippen LogP contribution in [0.1, 0.15) is 31.4 Å². The van der Waals surface area contributed by atoms with Crippen LogP contribution >= 0.6 is 0 Å². The molecule has 1 saturated carbocycles. The Balaban J connectivity index is 1.55. The first-order valence-electron chi connectivity index (χ1n) is 8.00. The number of carboxylic acid groups (broad SMARTS) is 1. The number of fused-ring (bicyclic) bond motifs is 1. The Morgan fingerprint density at radius 3 is 2.79 bits per heavy atom. The van der Waals surface area contributed by atoms with E-state index in [2.05, 4.69) is 25.3 Å². The summed E-state index contributed by atoms with van der Waals surface area (Å²) in [6.07, 6.45) is 5.38. The molecule has 24 heavy (non-hydrogen) atoms. The molecule has 0 radical (unpaired) electrons. The smallest absolute Gasteiger partial charge is 0.306 e. The Hall–Kier alpha value is -2.55. The van der Waals surface area contributed by atoms with Gasteiger partial charge in [0.1, 0.15) is 0 Å². The lowest BCUT2D eigenvalue weighted by atomic mass is 9.86. The second-order valence-electron chi connectivity index (χ2n) is 6.08. The van der Waals surface area contributed by atoms with Crippen LogP contribution in [0.4, 0.5) is 5.95 Å². The molecule has 0 aromatic carbocycles. The molecule has 0 saturated heterocycles. The van der Waals surface area contributed by atoms with Crippen molar-refractivity contribution >= 4 is 23.1 Å². The van der Waals surface area contributed by atoms with E-state index in [1.54, 1.807) is 6.20 Å². The summed E-state index contributed by atoms with van der Waals surface area (Å²) in [7, 11) is 0. The highest BCUT2D eigenvalue weighted by Crippen LogP contribution is 2.24. The largest absolute Gasteiger partial charge is 0.481 e. The van der Waals surface area contributed by atoms with E-state index < -0.39 is 11.5 Å². The van der Waals surface area contributed by atoms with Gasteiger partial charge in [-0.3, -0.25) is 14.6 Å². The van der Waals surface area contributed by atoms with Crippen molar-refractivity contribution in [3.63, 3.8) is 0 Å². The lowest BCUT2D eigenvalue weighted by Crippen LogP contribution is -2.36. The van der Waals surface area contributed by atoms with Crippen molar-refractivity contribution < 1.29 is 9.90 Å². The average Bonchev–Trinajstić information content (AvgIpc) is 2.55. The number of carbonyl (C=O) groups is 1. The Kier molecular flexibility index (Phi) is 4.70. The zero-order valence-corrected chi connectivity index (χ0v) is 13.2. The fourth-order valence-electron chi connectivity index (χ4n) is 3.04. The van der Waals surface area contributed by atoms with Crippen LogP contribution in [0.15, 0.2) is 11.0 Å². The van der Waals surface area contributed by atoms with Crippen LogP contribution in [0, 0.1) is 5.92 Å². The Morgan fingerprint density at radius 2 is 2.08 bits per heavy atom. The van der Waals surface area contributed by atoms with E-state index in [0.29, 0.717) is 37.5 Å². The molecule has 3 rings (SSSR count). The molecule has 5 N–H and O–H groups in total. The molecular formula is C15H20N6O3. The number of nitrogens with two attached hydrogens (primary N) is 1. The van der Waals surface area contributed by atoms with Crippen LogP contribution in [0.5, 0.6) is 0 Å². The SMILES string of the molecule is Nc1nc2ncc(CCNC3CCC(C(=O)O)CC3)nc2c(=O)[nH]1. The predicted octanol–water partition coefficient (Wildman–Crippen LogP) is 0.0708. The van der Waals surface area contributed by atoms with Gasteiger partial charge in [-0.05, 0) is 25.7 Å². The van der Waals surface area contributed by atoms with E-state index in [-0.39, 0.29) is 23.0 Å². The number of hydrogen-bond acceptors (Lipinski definition) is 7. The van der Waals surface area contributed by atoms with Crippen LogP contribution in [-0.4, -0.2) is 43.6 Å². The summed E-state index contributed by atoms with van der Waals surface area (Å²) in [5.41, 5.74) is 6.20. The van der Waals surface area contributed by atoms with Crippen molar-refractivity contribution in [1.82, 2.24) is 25.3 Å². The third-order valence-electron chi connectivity index (χ3n) is 4.38. The number of hydrogen-bond donors (Lipinski definition) is 4. The van der Waals surface area contributed by atoms with Gasteiger partial charge in [0, 0.05) is 19.0 Å². The first kappa shape index (κ1) is 16.3. The molecule has 2 aromatic heterocycles. The molecule has 128 valence electrons. The number of nitrogens with one attached hydrogen (secondary N) is 2. The predicted molar refractivity (Wildman–Crippen MR) is 87.5 cm³/mol. The first-order valence-corrected chi connectivity index (χ1v) is 8.00. The third kappa shape index (κ3) is 3.67. The number of anilines is 1. The summed E-state index contributed by atoms with van der Waals surface area (Å²) in [5.74, 6) is -0.881. The molecule has 9 heteroatoms. The van der Waals surface area contributed by atoms with E-state index in [1.165, 1.54) is 0 Å². The zero-order valence-electron chi connectivity index (χ0n) is 13.2. The molecule has 0 unspecified atom stereocenters. The Bertz CT molecular complexity index is 797. The maximum absolute atomic E-state index is 11.8. The van der Waals surface area contributed by atoms with Gasteiger partial charge in [-0.2, -0.15) is 4.98 Å². The van der Waals surface area contributed by atoms with Crippen LogP contribution in [0.2, 0.25) is 0 Å². The number of aliphatic carboxylic acids is 1. The maximum Gasteiger partial charge on any atom is 0.306 e. The van der Waals surface area contributed by atoms with Crippen LogP contribution in [0.25, 0.3) is 11.2 Å². The molecule has 2 heterocycles. The van der Waals surface area contributed by atoms with Crippen molar-refractivity contribution in [3.8, 4) is 0 Å². The lowest BCUT2D eigenvalue weighted by molar-refractivity contribution is -0.142. The molecule has 1 aliphatic carbocycles. The van der Waals surface area contributed by atoms with Gasteiger partial charge in [0.2, 0.25) is 5.95 Å². The molecule has 1 fully saturated rings. The Morgan fingerprint density at radius 1 is 1.33 bits per heavy atom. The first-order chi connectivity index (χ1) is 11.5. The number of nitrogen functional groups attached to an aromatic ring is 1. The summed E-state index contributed by atoms with van der Waals surface area (Å²) < 4.78 is 0. The van der Waals surface area contributed by atoms with E-state index in [9.17, 15) is 9.59 Å². The van der Waals surface area contributed by atoms with E-state index in [0.717, 1.165) is 12.8 Å². The van der Waals surface area contributed by atoms with E-state index in [1.807, 2.05) is 0 Å². The topological polar surface area (TPSA) is 147 Å². The summed E-state index contributed by atoms with van der Waals surface area (Å²) in [6.45, 7) is 0.697. The fourth-order valence-corrected chi connectivity index (χ4v) is 3.04. The normalized spacial score (nSPS) is 21.0. The molecule has 0 atom stereocenters. The van der Waals surface area contributed by atoms with E-state index >= 15 is 0 Å². The molecule has 9 nitrogen and oxygen atoms in total. The highest BCUT2D eigenvalue weighted by atomic mass is 16.4. The minimum Gasteiger partial charge on any atom is -0.481 e. The maximum atomic E-state index is 11.8. The van der Waals surface area contributed by atoms with Crippen molar-refractivity contribution in [3.05, 3.63) is 22.2 Å². The lowest BCUT2D eigenvalue weighted by Gasteiger charge is -2.26. The average molecular weight is 332 g/mol. The molecule has 0 spiro atoms. The number of carboxylic acids is 1. The van der Waals surface area contributed by atoms with Crippen molar-refractivity contribution in [2.75, 3.05) is 12.3 Å². The molecular weight excluding hydrogens is 312 g/mol. The summed E-state index contributed by atoms with van der Waals surface area (Å²) in [6, 6.07) is 0.332. The van der Waals surface area contributed by atoms with Crippen LogP contribution < -0.4 is 16.6 Å². The number of H-pyrrole nitrogens is 1. The van der Waals surface area contributed by atoms with Crippen molar-refractivity contribution in [2.45, 2.75) is 38.1 Å². The molecule has 0 aliphatic heterocycles. The van der Waals surface area contributed by atoms with Gasteiger partial charge < -0.3 is 16.2 Å². The summed E-state index contributed by atoms with van der Waals surface area (Å²) in [5, 5.41) is 12.4. The number of nitrogens with zero attached hydrogens (tertiary/aromatic N) is 3. The highest BCUT2D eigenvalue weighted by Gasteiger charge is 2.25. The zero-order chi connectivity index (χ0) is 17.1. The molecule has 0 bridgehead atoms. The van der Waals surface area contributed by atoms with E-state index in [4.69, 9.17) is 10.8 Å². The molecule has 0 amide bonds. The van der Waals surface area contributed by atoms with Crippen LogP contribution in [0.3, 0.4) is 0 Å². The van der Waals surface area contributed by atoms with Gasteiger partial charge in [-0.15, -0.1) is 0 Å². The highest BCUT2D eigenvalue weighted by molar-refractivity contribution is 5.70. The number of rotatable bonds is 5. The monoisotopic (exact) mass is 332 g/mol. The van der Waals surface area contributed by atoms with Crippen molar-refractivity contribution in [2.24, 2.45) is 5.92 Å². The number of aromatic nitrogens is 4. The summed E-state index contributed by atoms with van der Waals surface area (Å²) >= 11 is 0. The second-order valence-corrected chi connectivity index (χ2v) is 6.08. The van der Waals surface area contributed by atoms with Gasteiger partial charge in [0.05, 0.1) is 17.8 Å². The number of aromatic amines is 1. The van der Waals surface area contributed by atoms with Gasteiger partial charge in [0.25, 0.3) is 5.56 Å². The summed E-state index contributed by atoms with van der Waals surface area (Å²) in [4.78, 5) is 37.5. The van der Waals surface area contributed by atoms with Gasteiger partial charge in [0.15, 0.2) is 11.2 Å². The Labute approximate surface area is 137 Å². The third-order valence-corrected chi connectivity index (χ3v) is 4.38. The minimum absolute atomic E-state index is 0.0215. The fraction of sp³-hybridized carbons (Fsp3) is 0.533. The van der Waals surface area contributed by atoms with Crippen molar-refractivity contribution in [1.29, 1.82) is 0 Å². The van der Waals surface area contributed by atoms with Gasteiger partial charge in [-0.25, -0.2) is 9.97 Å². The minimum atomic E-state index is -0.695. The van der Waals surface area contributed by atoms with Gasteiger partial charge in [-0.1, -0.05) is 0 Å². The van der Waals surface area contributed by atoms with Gasteiger partial charge >= 0.3 is 5.97 Å². The quantitative estimate of drug-likeness (QED) is 0.601. The second kappa shape index (κ2) is 6.91.